The Morgan fingerprint density at radius 1 is 1.36 bits per heavy atom. The molecule has 7 heteroatoms. The van der Waals surface area contributed by atoms with Crippen LogP contribution >= 0.6 is 0 Å². The van der Waals surface area contributed by atoms with Gasteiger partial charge in [0, 0.05) is 24.8 Å². The fourth-order valence-corrected chi connectivity index (χ4v) is 2.96. The number of carbonyl (C=O) groups excluding carboxylic acids is 1. The minimum atomic E-state index is -0.838. The van der Waals surface area contributed by atoms with E-state index in [1.807, 2.05) is 25.1 Å². The van der Waals surface area contributed by atoms with Gasteiger partial charge in [-0.1, -0.05) is 6.07 Å². The fourth-order valence-electron chi connectivity index (χ4n) is 2.96. The van der Waals surface area contributed by atoms with Crippen molar-refractivity contribution in [3.05, 3.63) is 48.0 Å². The third-order valence-electron chi connectivity index (χ3n) is 4.36. The Hall–Kier alpha value is -2.54. The van der Waals surface area contributed by atoms with Crippen LogP contribution in [0, 0.1) is 6.92 Å². The van der Waals surface area contributed by atoms with Crippen molar-refractivity contribution in [3.63, 3.8) is 0 Å². The van der Waals surface area contributed by atoms with E-state index < -0.39 is 6.10 Å². The van der Waals surface area contributed by atoms with Gasteiger partial charge in [0.2, 0.25) is 0 Å². The second kappa shape index (κ2) is 8.02. The lowest BCUT2D eigenvalue weighted by atomic mass is 10.1. The highest BCUT2D eigenvalue weighted by Crippen LogP contribution is 2.18. The third-order valence-corrected chi connectivity index (χ3v) is 4.36. The number of nitrogens with zero attached hydrogens (tertiary/aromatic N) is 2. The number of anilines is 1. The first-order valence-corrected chi connectivity index (χ1v) is 8.56. The molecule has 1 fully saturated rings. The summed E-state index contributed by atoms with van der Waals surface area (Å²) in [7, 11) is 0. The Labute approximate surface area is 147 Å². The lowest BCUT2D eigenvalue weighted by Gasteiger charge is -2.33. The van der Waals surface area contributed by atoms with E-state index in [4.69, 9.17) is 4.42 Å². The zero-order valence-electron chi connectivity index (χ0n) is 14.3. The van der Waals surface area contributed by atoms with E-state index in [-0.39, 0.29) is 18.6 Å². The molecule has 1 unspecified atom stereocenters. The second-order valence-electron chi connectivity index (χ2n) is 6.28. The maximum Gasteiger partial charge on any atom is 0.315 e. The molecule has 0 spiro atoms. The van der Waals surface area contributed by atoms with Gasteiger partial charge in [0.05, 0.1) is 12.8 Å². The van der Waals surface area contributed by atoms with E-state index in [0.717, 1.165) is 37.4 Å². The summed E-state index contributed by atoms with van der Waals surface area (Å²) in [6, 6.07) is 9.26. The number of aliphatic hydroxyl groups excluding tert-OH is 1. The molecule has 2 aromatic rings. The number of hydrogen-bond donors (Lipinski definition) is 3. The molecule has 1 atom stereocenters. The van der Waals surface area contributed by atoms with Crippen LogP contribution in [0.25, 0.3) is 0 Å². The molecular formula is C18H24N4O3. The molecule has 2 aromatic heterocycles. The van der Waals surface area contributed by atoms with Crippen LogP contribution in [0.5, 0.6) is 0 Å². The molecular weight excluding hydrogens is 320 g/mol. The number of piperidine rings is 1. The van der Waals surface area contributed by atoms with Crippen molar-refractivity contribution in [2.75, 3.05) is 24.5 Å². The van der Waals surface area contributed by atoms with Crippen molar-refractivity contribution in [2.45, 2.75) is 31.9 Å². The van der Waals surface area contributed by atoms with Gasteiger partial charge in [-0.2, -0.15) is 0 Å². The number of hydrogen-bond acceptors (Lipinski definition) is 5. The number of rotatable bonds is 5. The zero-order valence-corrected chi connectivity index (χ0v) is 14.3. The fraction of sp³-hybridized carbons (Fsp3) is 0.444. The summed E-state index contributed by atoms with van der Waals surface area (Å²) in [6.07, 6.45) is 2.39. The van der Waals surface area contributed by atoms with Gasteiger partial charge in [-0.15, -0.1) is 0 Å². The molecule has 3 N–H and O–H groups in total. The molecule has 0 aromatic carbocycles. The number of urea groups is 1. The first-order chi connectivity index (χ1) is 12.1. The van der Waals surface area contributed by atoms with Crippen LogP contribution in [0.1, 0.15) is 30.4 Å². The number of nitrogens with one attached hydrogen (secondary N) is 2. The number of furan rings is 1. The number of pyridine rings is 1. The molecule has 1 saturated heterocycles. The number of carbonyl (C=O) groups is 1. The molecule has 1 aliphatic heterocycles. The molecule has 0 aliphatic carbocycles. The molecule has 7 nitrogen and oxygen atoms in total. The monoisotopic (exact) mass is 344 g/mol. The van der Waals surface area contributed by atoms with E-state index in [2.05, 4.69) is 20.5 Å². The van der Waals surface area contributed by atoms with Crippen molar-refractivity contribution in [1.82, 2.24) is 15.6 Å². The van der Waals surface area contributed by atoms with Gasteiger partial charge >= 0.3 is 6.03 Å². The zero-order chi connectivity index (χ0) is 17.6. The van der Waals surface area contributed by atoms with Gasteiger partial charge in [-0.25, -0.2) is 9.78 Å². The van der Waals surface area contributed by atoms with Crippen LogP contribution in [-0.4, -0.2) is 41.8 Å². The maximum absolute atomic E-state index is 12.0. The molecule has 0 saturated carbocycles. The molecule has 3 rings (SSSR count). The quantitative estimate of drug-likeness (QED) is 0.772. The molecule has 0 radical (unpaired) electrons. The number of amides is 2. The highest BCUT2D eigenvalue weighted by molar-refractivity contribution is 5.74. The van der Waals surface area contributed by atoms with Crippen molar-refractivity contribution in [3.8, 4) is 0 Å². The molecule has 0 bridgehead atoms. The molecule has 2 amide bonds. The van der Waals surface area contributed by atoms with E-state index >= 15 is 0 Å². The minimum absolute atomic E-state index is 0.116. The van der Waals surface area contributed by atoms with E-state index in [1.165, 1.54) is 6.26 Å². The Morgan fingerprint density at radius 2 is 2.16 bits per heavy atom. The second-order valence-corrected chi connectivity index (χ2v) is 6.28. The number of aliphatic hydroxyl groups is 1. The topological polar surface area (TPSA) is 90.6 Å². The van der Waals surface area contributed by atoms with E-state index in [1.54, 1.807) is 12.1 Å². The predicted molar refractivity (Wildman–Crippen MR) is 94.4 cm³/mol. The summed E-state index contributed by atoms with van der Waals surface area (Å²) in [5, 5.41) is 15.5. The van der Waals surface area contributed by atoms with Gasteiger partial charge in [0.25, 0.3) is 0 Å². The lowest BCUT2D eigenvalue weighted by Crippen LogP contribution is -2.48. The van der Waals surface area contributed by atoms with Gasteiger partial charge in [0.15, 0.2) is 0 Å². The van der Waals surface area contributed by atoms with Crippen LogP contribution in [-0.2, 0) is 0 Å². The molecule has 3 heterocycles. The van der Waals surface area contributed by atoms with Crippen LogP contribution in [0.4, 0.5) is 10.6 Å². The van der Waals surface area contributed by atoms with Gasteiger partial charge in [0.1, 0.15) is 17.7 Å². The predicted octanol–water partition coefficient (Wildman–Crippen LogP) is 1.98. The standard InChI is InChI=1S/C18H24N4O3/c1-13-4-2-6-17(20-13)22-9-7-14(8-10-22)21-18(24)19-12-15(23)16-5-3-11-25-16/h2-6,11,14-15,23H,7-10,12H2,1H3,(H2,19,21,24). The van der Waals surface area contributed by atoms with Crippen LogP contribution in [0.3, 0.4) is 0 Å². The summed E-state index contributed by atoms with van der Waals surface area (Å²) >= 11 is 0. The molecule has 1 aliphatic rings. The Bertz CT molecular complexity index is 681. The number of aromatic nitrogens is 1. The summed E-state index contributed by atoms with van der Waals surface area (Å²) in [5.41, 5.74) is 1.01. The van der Waals surface area contributed by atoms with Gasteiger partial charge in [-0.3, -0.25) is 0 Å². The summed E-state index contributed by atoms with van der Waals surface area (Å²) in [4.78, 5) is 18.8. The Kier molecular flexibility index (Phi) is 5.55. The van der Waals surface area contributed by atoms with Crippen LogP contribution in [0.2, 0.25) is 0 Å². The van der Waals surface area contributed by atoms with Crippen molar-refractivity contribution in [1.29, 1.82) is 0 Å². The third kappa shape index (κ3) is 4.73. The SMILES string of the molecule is Cc1cccc(N2CCC(NC(=O)NCC(O)c3ccco3)CC2)n1. The first kappa shape index (κ1) is 17.3. The Balaban J connectivity index is 1.40. The summed E-state index contributed by atoms with van der Waals surface area (Å²) < 4.78 is 5.11. The summed E-state index contributed by atoms with van der Waals surface area (Å²) in [5.74, 6) is 1.43. The van der Waals surface area contributed by atoms with Crippen molar-refractivity contribution >= 4 is 11.8 Å². The van der Waals surface area contributed by atoms with Crippen molar-refractivity contribution < 1.29 is 14.3 Å². The molecule has 134 valence electrons. The average molecular weight is 344 g/mol. The van der Waals surface area contributed by atoms with E-state index in [0.29, 0.717) is 5.76 Å². The van der Waals surface area contributed by atoms with Crippen molar-refractivity contribution in [2.24, 2.45) is 0 Å². The first-order valence-electron chi connectivity index (χ1n) is 8.56. The van der Waals surface area contributed by atoms with Gasteiger partial charge < -0.3 is 25.1 Å². The normalized spacial score (nSPS) is 16.5. The smallest absolute Gasteiger partial charge is 0.315 e. The minimum Gasteiger partial charge on any atom is -0.467 e. The van der Waals surface area contributed by atoms with E-state index in [9.17, 15) is 9.90 Å². The van der Waals surface area contributed by atoms with Crippen LogP contribution < -0.4 is 15.5 Å². The Morgan fingerprint density at radius 3 is 2.84 bits per heavy atom. The average Bonchev–Trinajstić information content (AvgIpc) is 3.15. The largest absolute Gasteiger partial charge is 0.467 e. The molecule has 25 heavy (non-hydrogen) atoms. The maximum atomic E-state index is 12.0. The highest BCUT2D eigenvalue weighted by Gasteiger charge is 2.22. The van der Waals surface area contributed by atoms with Gasteiger partial charge in [-0.05, 0) is 44.0 Å². The summed E-state index contributed by atoms with van der Waals surface area (Å²) in [6.45, 7) is 3.82. The number of aryl methyl sites for hydroxylation is 1. The van der Waals surface area contributed by atoms with Crippen LogP contribution in [0.15, 0.2) is 41.0 Å². The lowest BCUT2D eigenvalue weighted by molar-refractivity contribution is 0.147. The highest BCUT2D eigenvalue weighted by atomic mass is 16.4.